The van der Waals surface area contributed by atoms with Crippen molar-refractivity contribution in [1.82, 2.24) is 5.32 Å². The first-order chi connectivity index (χ1) is 16.3. The highest BCUT2D eigenvalue weighted by Gasteiger charge is 2.31. The van der Waals surface area contributed by atoms with Gasteiger partial charge in [0, 0.05) is 22.5 Å². The second kappa shape index (κ2) is 12.6. The van der Waals surface area contributed by atoms with Gasteiger partial charge in [0.25, 0.3) is 10.0 Å². The lowest BCUT2D eigenvalue weighted by molar-refractivity contribution is -0.143. The summed E-state index contributed by atoms with van der Waals surface area (Å²) in [4.78, 5) is 23.4. The Morgan fingerprint density at radius 3 is 2.20 bits per heavy atom. The van der Waals surface area contributed by atoms with Crippen molar-refractivity contribution in [2.45, 2.75) is 63.4 Å². The summed E-state index contributed by atoms with van der Waals surface area (Å²) in [7, 11) is -4.17. The summed E-state index contributed by atoms with van der Waals surface area (Å²) in [5.41, 5.74) is -0.182. The van der Waals surface area contributed by atoms with Crippen molar-refractivity contribution in [1.29, 1.82) is 0 Å². The summed E-state index contributed by atoms with van der Waals surface area (Å²) >= 11 is 11.9. The van der Waals surface area contributed by atoms with Gasteiger partial charge in [0.2, 0.25) is 5.91 Å². The van der Waals surface area contributed by atoms with Gasteiger partial charge in [-0.2, -0.15) is 0 Å². The number of nitrogens with zero attached hydrogens (tertiary/aromatic N) is 1. The number of unbranched alkanes of at least 4 members (excludes halogenated alkanes) is 1. The number of rotatable bonds is 12. The molecule has 11 heteroatoms. The van der Waals surface area contributed by atoms with Gasteiger partial charge in [-0.1, -0.05) is 43.5 Å². The minimum atomic E-state index is -4.17. The highest BCUT2D eigenvalue weighted by molar-refractivity contribution is 7.92. The average molecular weight is 547 g/mol. The number of carboxylic acids is 1. The zero-order chi connectivity index (χ0) is 26.3. The molecule has 0 fully saturated rings. The van der Waals surface area contributed by atoms with E-state index in [0.717, 1.165) is 10.4 Å². The Morgan fingerprint density at radius 1 is 1.03 bits per heavy atom. The van der Waals surface area contributed by atoms with E-state index in [1.807, 2.05) is 0 Å². The molecule has 35 heavy (non-hydrogen) atoms. The Bertz CT molecular complexity index is 1140. The number of sulfonamides is 1. The molecule has 0 radical (unpaired) electrons. The number of carbonyl (C=O) groups is 2. The number of carbonyl (C=O) groups excluding carboxylic acids is 1. The predicted octanol–water partition coefficient (Wildman–Crippen LogP) is 5.50. The van der Waals surface area contributed by atoms with Gasteiger partial charge < -0.3 is 10.4 Å². The molecule has 0 aliphatic rings. The molecule has 2 aromatic rings. The third-order valence-corrected chi connectivity index (χ3v) is 7.87. The van der Waals surface area contributed by atoms with Crippen molar-refractivity contribution in [3.63, 3.8) is 0 Å². The molecule has 0 spiro atoms. The molecule has 0 aliphatic carbocycles. The second-order valence-electron chi connectivity index (χ2n) is 8.57. The number of hydrogen-bond acceptors (Lipinski definition) is 4. The van der Waals surface area contributed by atoms with Crippen LogP contribution in [0.15, 0.2) is 47.4 Å². The zero-order valence-electron chi connectivity index (χ0n) is 19.7. The van der Waals surface area contributed by atoms with Crippen LogP contribution in [0.2, 0.25) is 10.0 Å². The molecule has 1 amide bonds. The molecule has 2 rings (SSSR count). The lowest BCUT2D eigenvalue weighted by Crippen LogP contribution is -2.44. The van der Waals surface area contributed by atoms with E-state index in [4.69, 9.17) is 23.2 Å². The zero-order valence-corrected chi connectivity index (χ0v) is 22.0. The van der Waals surface area contributed by atoms with Crippen molar-refractivity contribution in [3.05, 3.63) is 58.3 Å². The molecule has 0 bridgehead atoms. The first kappa shape index (κ1) is 28.9. The number of anilines is 1. The second-order valence-corrected chi connectivity index (χ2v) is 11.3. The molecule has 0 aliphatic heterocycles. The Morgan fingerprint density at radius 2 is 1.63 bits per heavy atom. The average Bonchev–Trinajstić information content (AvgIpc) is 2.77. The van der Waals surface area contributed by atoms with Crippen LogP contribution in [-0.2, 0) is 19.6 Å². The van der Waals surface area contributed by atoms with Crippen LogP contribution in [0.3, 0.4) is 0 Å². The highest BCUT2D eigenvalue weighted by atomic mass is 35.5. The fraction of sp³-hybridized carbons (Fsp3) is 0.417. The van der Waals surface area contributed by atoms with Crippen LogP contribution in [0.25, 0.3) is 0 Å². The van der Waals surface area contributed by atoms with E-state index in [1.54, 1.807) is 20.8 Å². The summed E-state index contributed by atoms with van der Waals surface area (Å²) < 4.78 is 42.7. The van der Waals surface area contributed by atoms with Crippen molar-refractivity contribution in [3.8, 4) is 0 Å². The SMILES string of the molecule is CC(C)[C@H](NC(=O)CCCCC(C)N(c1cc(Cl)ccc1F)S(=O)(=O)c1ccc(Cl)cc1)C(=O)O. The van der Waals surface area contributed by atoms with Gasteiger partial charge in [-0.15, -0.1) is 0 Å². The molecule has 0 saturated heterocycles. The lowest BCUT2D eigenvalue weighted by atomic mass is 10.0. The third kappa shape index (κ3) is 7.81. The van der Waals surface area contributed by atoms with E-state index >= 15 is 0 Å². The van der Waals surface area contributed by atoms with Crippen LogP contribution in [0, 0.1) is 11.7 Å². The van der Waals surface area contributed by atoms with E-state index in [0.29, 0.717) is 24.3 Å². The molecule has 0 saturated carbocycles. The van der Waals surface area contributed by atoms with Gasteiger partial charge in [0.1, 0.15) is 11.9 Å². The van der Waals surface area contributed by atoms with E-state index in [1.165, 1.54) is 36.4 Å². The Hall–Kier alpha value is -2.36. The maximum Gasteiger partial charge on any atom is 0.326 e. The molecule has 192 valence electrons. The quantitative estimate of drug-likeness (QED) is 0.342. The maximum absolute atomic E-state index is 14.7. The summed E-state index contributed by atoms with van der Waals surface area (Å²) in [6.45, 7) is 5.05. The monoisotopic (exact) mass is 546 g/mol. The molecule has 1 unspecified atom stereocenters. The number of hydrogen-bond donors (Lipinski definition) is 2. The van der Waals surface area contributed by atoms with Crippen LogP contribution in [0.1, 0.15) is 46.5 Å². The van der Waals surface area contributed by atoms with Crippen LogP contribution in [0.4, 0.5) is 10.1 Å². The summed E-state index contributed by atoms with van der Waals surface area (Å²) in [5.74, 6) is -2.51. The van der Waals surface area contributed by atoms with Crippen LogP contribution >= 0.6 is 23.2 Å². The van der Waals surface area contributed by atoms with E-state index in [9.17, 15) is 27.5 Å². The van der Waals surface area contributed by atoms with Crippen LogP contribution in [-0.4, -0.2) is 37.5 Å². The lowest BCUT2D eigenvalue weighted by Gasteiger charge is -2.31. The summed E-state index contributed by atoms with van der Waals surface area (Å²) in [6, 6.07) is 7.60. The number of halogens is 3. The molecule has 7 nitrogen and oxygen atoms in total. The number of nitrogens with one attached hydrogen (secondary N) is 1. The number of carboxylic acid groups (broad SMARTS) is 1. The number of benzene rings is 2. The Labute approximate surface area is 215 Å². The highest BCUT2D eigenvalue weighted by Crippen LogP contribution is 2.32. The van der Waals surface area contributed by atoms with Gasteiger partial charge in [-0.05, 0) is 68.1 Å². The van der Waals surface area contributed by atoms with E-state index < -0.39 is 39.8 Å². The molecule has 2 aromatic carbocycles. The van der Waals surface area contributed by atoms with Crippen molar-refractivity contribution >= 4 is 50.8 Å². The maximum atomic E-state index is 14.7. The molecule has 0 aromatic heterocycles. The van der Waals surface area contributed by atoms with E-state index in [2.05, 4.69) is 5.32 Å². The molecular weight excluding hydrogens is 518 g/mol. The van der Waals surface area contributed by atoms with Gasteiger partial charge >= 0.3 is 5.97 Å². The van der Waals surface area contributed by atoms with Gasteiger partial charge in [-0.3, -0.25) is 9.10 Å². The van der Waals surface area contributed by atoms with Crippen LogP contribution < -0.4 is 9.62 Å². The van der Waals surface area contributed by atoms with Gasteiger partial charge in [0.05, 0.1) is 10.6 Å². The minimum absolute atomic E-state index is 0.0547. The van der Waals surface area contributed by atoms with Crippen molar-refractivity contribution in [2.75, 3.05) is 4.31 Å². The first-order valence-electron chi connectivity index (χ1n) is 11.1. The summed E-state index contributed by atoms with van der Waals surface area (Å²) in [5, 5.41) is 12.2. The molecule has 0 heterocycles. The van der Waals surface area contributed by atoms with E-state index in [-0.39, 0.29) is 27.9 Å². The van der Waals surface area contributed by atoms with Gasteiger partial charge in [0.15, 0.2) is 0 Å². The standard InChI is InChI=1S/C24H29Cl2FN2O5S/c1-15(2)23(24(31)32)28-22(30)7-5-4-6-16(3)29(21-14-18(26)10-13-20(21)27)35(33,34)19-11-8-17(25)9-12-19/h8-16,23H,4-7H2,1-3H3,(H,28,30)(H,31,32)/t16?,23-/m0/s1. The minimum Gasteiger partial charge on any atom is -0.480 e. The first-order valence-corrected chi connectivity index (χ1v) is 13.3. The third-order valence-electron chi connectivity index (χ3n) is 5.44. The largest absolute Gasteiger partial charge is 0.480 e. The Balaban J connectivity index is 2.17. The van der Waals surface area contributed by atoms with Crippen molar-refractivity contribution in [2.24, 2.45) is 5.92 Å². The Kier molecular flexibility index (Phi) is 10.4. The topological polar surface area (TPSA) is 104 Å². The molecule has 2 atom stereocenters. The van der Waals surface area contributed by atoms with Crippen LogP contribution in [0.5, 0.6) is 0 Å². The summed E-state index contributed by atoms with van der Waals surface area (Å²) in [6.07, 6.45) is 1.24. The van der Waals surface area contributed by atoms with Crippen molar-refractivity contribution < 1.29 is 27.5 Å². The number of aliphatic carboxylic acids is 1. The predicted molar refractivity (Wildman–Crippen MR) is 135 cm³/mol. The normalized spacial score (nSPS) is 13.3. The molecule has 2 N–H and O–H groups in total. The smallest absolute Gasteiger partial charge is 0.326 e. The number of amides is 1. The fourth-order valence-electron chi connectivity index (χ4n) is 3.58. The molecular formula is C24H29Cl2FN2O5S. The fourth-order valence-corrected chi connectivity index (χ4v) is 5.56. The van der Waals surface area contributed by atoms with Gasteiger partial charge in [-0.25, -0.2) is 17.6 Å².